The lowest BCUT2D eigenvalue weighted by molar-refractivity contribution is -0.202. The van der Waals surface area contributed by atoms with E-state index in [0.717, 1.165) is 55.4 Å². The first-order chi connectivity index (χ1) is 17.3. The molecule has 0 spiro atoms. The van der Waals surface area contributed by atoms with Gasteiger partial charge in [-0.3, -0.25) is 0 Å². The molecule has 36 heavy (non-hydrogen) atoms. The highest BCUT2D eigenvalue weighted by Crippen LogP contribution is 2.31. The normalized spacial score (nSPS) is 20.2. The lowest BCUT2D eigenvalue weighted by atomic mass is 9.93. The van der Waals surface area contributed by atoms with Crippen LogP contribution in [0.4, 0.5) is 24.8 Å². The number of aromatic nitrogens is 2. The molecule has 4 rings (SSSR count). The number of pyridine rings is 2. The van der Waals surface area contributed by atoms with Crippen molar-refractivity contribution >= 4 is 28.9 Å². The molecule has 3 N–H and O–H groups in total. The third-order valence-corrected chi connectivity index (χ3v) is 6.89. The van der Waals surface area contributed by atoms with Crippen LogP contribution >= 0.6 is 11.6 Å². The first-order valence-corrected chi connectivity index (χ1v) is 12.6. The maximum atomic E-state index is 12.5. The Hall–Kier alpha value is -2.27. The maximum absolute atomic E-state index is 12.5. The molecule has 2 aromatic rings. The van der Waals surface area contributed by atoms with Crippen LogP contribution in [0.25, 0.3) is 11.3 Å². The third-order valence-electron chi connectivity index (χ3n) is 6.59. The molecule has 1 atom stereocenters. The van der Waals surface area contributed by atoms with Crippen molar-refractivity contribution in [1.29, 1.82) is 0 Å². The van der Waals surface area contributed by atoms with Gasteiger partial charge in [0.1, 0.15) is 5.82 Å². The molecule has 1 saturated heterocycles. The Morgan fingerprint density at radius 3 is 2.64 bits per heavy atom. The van der Waals surface area contributed by atoms with E-state index >= 15 is 0 Å². The second-order valence-electron chi connectivity index (χ2n) is 9.29. The molecule has 196 valence electrons. The number of halogens is 4. The van der Waals surface area contributed by atoms with Gasteiger partial charge in [0.15, 0.2) is 11.9 Å². The van der Waals surface area contributed by atoms with Gasteiger partial charge in [0.25, 0.3) is 0 Å². The predicted molar refractivity (Wildman–Crippen MR) is 134 cm³/mol. The lowest BCUT2D eigenvalue weighted by Crippen LogP contribution is -2.43. The summed E-state index contributed by atoms with van der Waals surface area (Å²) in [5.74, 6) is 1.86. The summed E-state index contributed by atoms with van der Waals surface area (Å²) in [4.78, 5) is 13.7. The standard InChI is InChI=1S/C25H31ClF3N5O2/c26-20-14-32-24(33-18-6-4-17(5-7-18)30-15-22(35)25(27,28)29)12-19(20)21-2-1-3-23(34-21)31-13-16-8-10-36-11-9-16/h1-3,12,14,16-17,22,30,35H,4-11,13,15H2,(H,31,34)/t17?,22-/m1/s1. The van der Waals surface area contributed by atoms with Crippen LogP contribution in [0.15, 0.2) is 35.5 Å². The molecule has 0 bridgehead atoms. The Morgan fingerprint density at radius 2 is 1.92 bits per heavy atom. The van der Waals surface area contributed by atoms with Crippen LogP contribution in [0.1, 0.15) is 38.5 Å². The van der Waals surface area contributed by atoms with Gasteiger partial charge in [0.2, 0.25) is 0 Å². The highest BCUT2D eigenvalue weighted by Gasteiger charge is 2.38. The van der Waals surface area contributed by atoms with Gasteiger partial charge in [0, 0.05) is 49.8 Å². The third kappa shape index (κ3) is 7.61. The van der Waals surface area contributed by atoms with Crippen molar-refractivity contribution in [3.8, 4) is 11.3 Å². The number of hydrogen-bond donors (Lipinski definition) is 3. The smallest absolute Gasteiger partial charge is 0.382 e. The van der Waals surface area contributed by atoms with Gasteiger partial charge < -0.3 is 20.5 Å². The topological polar surface area (TPSA) is 91.7 Å². The molecule has 2 aliphatic rings. The van der Waals surface area contributed by atoms with Crippen LogP contribution in [-0.2, 0) is 4.74 Å². The number of rotatable bonds is 8. The van der Waals surface area contributed by atoms with Crippen molar-refractivity contribution in [2.24, 2.45) is 10.9 Å². The first kappa shape index (κ1) is 26.8. The summed E-state index contributed by atoms with van der Waals surface area (Å²) in [5.41, 5.74) is 2.39. The molecule has 0 unspecified atom stereocenters. The van der Waals surface area contributed by atoms with Crippen molar-refractivity contribution in [2.45, 2.75) is 56.8 Å². The summed E-state index contributed by atoms with van der Waals surface area (Å²) in [7, 11) is 0. The number of nitrogens with zero attached hydrogens (tertiary/aromatic N) is 3. The summed E-state index contributed by atoms with van der Waals surface area (Å²) >= 11 is 6.44. The van der Waals surface area contributed by atoms with E-state index in [2.05, 4.69) is 20.6 Å². The van der Waals surface area contributed by atoms with Gasteiger partial charge in [-0.2, -0.15) is 13.2 Å². The zero-order valence-corrected chi connectivity index (χ0v) is 20.7. The Morgan fingerprint density at radius 1 is 1.17 bits per heavy atom. The predicted octanol–water partition coefficient (Wildman–Crippen LogP) is 5.16. The molecule has 1 aliphatic heterocycles. The minimum absolute atomic E-state index is 0.0877. The molecule has 3 heterocycles. The average molecular weight is 526 g/mol. The monoisotopic (exact) mass is 525 g/mol. The number of aliphatic hydroxyl groups excluding tert-OH is 1. The first-order valence-electron chi connectivity index (χ1n) is 12.3. The van der Waals surface area contributed by atoms with Gasteiger partial charge in [0.05, 0.1) is 10.7 Å². The van der Waals surface area contributed by atoms with E-state index < -0.39 is 18.8 Å². The van der Waals surface area contributed by atoms with Crippen LogP contribution in [0, 0.1) is 5.92 Å². The zero-order valence-electron chi connectivity index (χ0n) is 19.9. The molecule has 1 aliphatic carbocycles. The maximum Gasteiger partial charge on any atom is 0.415 e. The summed E-state index contributed by atoms with van der Waals surface area (Å²) in [6.07, 6.45) is -0.746. The fraction of sp³-hybridized carbons (Fsp3) is 0.560. The number of anilines is 1. The molecule has 0 amide bonds. The van der Waals surface area contributed by atoms with E-state index in [9.17, 15) is 13.2 Å². The highest BCUT2D eigenvalue weighted by molar-refractivity contribution is 6.33. The molecule has 11 heteroatoms. The van der Waals surface area contributed by atoms with Crippen LogP contribution < -0.4 is 10.6 Å². The number of aliphatic hydroxyl groups is 1. The summed E-state index contributed by atoms with van der Waals surface area (Å²) in [6, 6.07) is 7.48. The fourth-order valence-electron chi connectivity index (χ4n) is 4.39. The van der Waals surface area contributed by atoms with E-state index in [4.69, 9.17) is 26.4 Å². The lowest BCUT2D eigenvalue weighted by Gasteiger charge is -2.26. The Bertz CT molecular complexity index is 1040. The van der Waals surface area contributed by atoms with Crippen LogP contribution in [0.5, 0.6) is 0 Å². The van der Waals surface area contributed by atoms with Crippen molar-refractivity contribution in [3.63, 3.8) is 0 Å². The van der Waals surface area contributed by atoms with Crippen LogP contribution in [0.2, 0.25) is 5.02 Å². The molecule has 1 saturated carbocycles. The fourth-order valence-corrected chi connectivity index (χ4v) is 4.59. The van der Waals surface area contributed by atoms with E-state index in [0.29, 0.717) is 42.4 Å². The molecule has 7 nitrogen and oxygen atoms in total. The van der Waals surface area contributed by atoms with Crippen molar-refractivity contribution in [3.05, 3.63) is 35.5 Å². The van der Waals surface area contributed by atoms with E-state index in [1.807, 2.05) is 24.3 Å². The largest absolute Gasteiger partial charge is 0.415 e. The van der Waals surface area contributed by atoms with Crippen molar-refractivity contribution in [1.82, 2.24) is 15.3 Å². The zero-order chi connectivity index (χ0) is 25.5. The van der Waals surface area contributed by atoms with Crippen molar-refractivity contribution < 1.29 is 23.0 Å². The molecule has 2 aromatic heterocycles. The SMILES string of the molecule is O[C@H](CNC1CCC(=Nc2cc(-c3cccc(NCC4CCOCC4)n3)c(Cl)cn2)CC1)C(F)(F)F. The minimum atomic E-state index is -4.61. The second-order valence-corrected chi connectivity index (χ2v) is 9.69. The van der Waals surface area contributed by atoms with Crippen LogP contribution in [0.3, 0.4) is 0 Å². The number of aliphatic imine (C=N–C) groups is 1. The van der Waals surface area contributed by atoms with Crippen molar-refractivity contribution in [2.75, 3.05) is 31.6 Å². The molecular weight excluding hydrogens is 495 g/mol. The van der Waals surface area contributed by atoms with Gasteiger partial charge in [-0.15, -0.1) is 0 Å². The van der Waals surface area contributed by atoms with Crippen LogP contribution in [-0.4, -0.2) is 65.4 Å². The summed E-state index contributed by atoms with van der Waals surface area (Å²) in [5, 5.41) is 15.9. The Labute approximate surface area is 213 Å². The summed E-state index contributed by atoms with van der Waals surface area (Å²) < 4.78 is 42.9. The van der Waals surface area contributed by atoms with E-state index in [1.165, 1.54) is 0 Å². The van der Waals surface area contributed by atoms with E-state index in [1.54, 1.807) is 6.20 Å². The number of hydrogen-bond acceptors (Lipinski definition) is 7. The molecule has 0 radical (unpaired) electrons. The summed E-state index contributed by atoms with van der Waals surface area (Å²) in [6.45, 7) is 1.94. The number of nitrogens with one attached hydrogen (secondary N) is 2. The number of alkyl halides is 3. The molecule has 2 fully saturated rings. The number of ether oxygens (including phenoxy) is 1. The Balaban J connectivity index is 1.36. The highest BCUT2D eigenvalue weighted by atomic mass is 35.5. The van der Waals surface area contributed by atoms with Gasteiger partial charge >= 0.3 is 6.18 Å². The van der Waals surface area contributed by atoms with Gasteiger partial charge in [-0.05, 0) is 62.6 Å². The minimum Gasteiger partial charge on any atom is -0.382 e. The van der Waals surface area contributed by atoms with Gasteiger partial charge in [-0.1, -0.05) is 17.7 Å². The quantitative estimate of drug-likeness (QED) is 0.441. The molecular formula is C25H31ClF3N5O2. The van der Waals surface area contributed by atoms with E-state index in [-0.39, 0.29) is 6.04 Å². The Kier molecular flexibility index (Phi) is 9.16. The second kappa shape index (κ2) is 12.3. The molecule has 0 aromatic carbocycles. The van der Waals surface area contributed by atoms with Gasteiger partial charge in [-0.25, -0.2) is 15.0 Å². The average Bonchev–Trinajstić information content (AvgIpc) is 2.88.